The van der Waals surface area contributed by atoms with Gasteiger partial charge in [0.1, 0.15) is 5.75 Å². The largest absolute Gasteiger partial charge is 0.508 e. The van der Waals surface area contributed by atoms with Crippen LogP contribution in [0.4, 0.5) is 5.69 Å². The van der Waals surface area contributed by atoms with E-state index < -0.39 is 0 Å². The minimum absolute atomic E-state index is 0.0931. The Bertz CT molecular complexity index is 1120. The summed E-state index contributed by atoms with van der Waals surface area (Å²) in [6.45, 7) is 9.78. The standard InChI is InChI=1S/C24H30N4O3S/c1-16(2)27(17(3)4)13-14-28-23(31)20-7-5-6-8-21(20)26-24(28)32-15-22(30)25-18-9-11-19(29)12-10-18/h5-12,16-17,29H,13-15H2,1-4H3,(H,25,30). The zero-order valence-corrected chi connectivity index (χ0v) is 19.7. The molecule has 0 saturated carbocycles. The molecule has 1 heterocycles. The van der Waals surface area contributed by atoms with Gasteiger partial charge in [-0.15, -0.1) is 0 Å². The fourth-order valence-corrected chi connectivity index (χ4v) is 4.48. The summed E-state index contributed by atoms with van der Waals surface area (Å²) in [7, 11) is 0. The normalized spacial score (nSPS) is 11.6. The Kier molecular flexibility index (Phi) is 7.93. The highest BCUT2D eigenvalue weighted by atomic mass is 32.2. The van der Waals surface area contributed by atoms with Crippen LogP contribution in [0, 0.1) is 0 Å². The second-order valence-corrected chi connectivity index (χ2v) is 9.12. The number of fused-ring (bicyclic) bond motifs is 1. The van der Waals surface area contributed by atoms with E-state index in [2.05, 4.69) is 42.9 Å². The van der Waals surface area contributed by atoms with Gasteiger partial charge in [0, 0.05) is 30.9 Å². The lowest BCUT2D eigenvalue weighted by atomic mass is 10.2. The molecule has 1 aromatic heterocycles. The second kappa shape index (κ2) is 10.7. The molecule has 0 aliphatic carbocycles. The van der Waals surface area contributed by atoms with Crippen LogP contribution in [-0.2, 0) is 11.3 Å². The van der Waals surface area contributed by atoms with Gasteiger partial charge in [0.15, 0.2) is 5.16 Å². The van der Waals surface area contributed by atoms with Crippen molar-refractivity contribution in [1.82, 2.24) is 14.5 Å². The van der Waals surface area contributed by atoms with Crippen LogP contribution in [0.5, 0.6) is 5.75 Å². The van der Waals surface area contributed by atoms with Gasteiger partial charge < -0.3 is 10.4 Å². The lowest BCUT2D eigenvalue weighted by molar-refractivity contribution is -0.113. The van der Waals surface area contributed by atoms with E-state index in [1.807, 2.05) is 18.2 Å². The maximum Gasteiger partial charge on any atom is 0.262 e. The molecule has 1 amide bonds. The Labute approximate surface area is 192 Å². The number of phenols is 1. The number of nitrogens with one attached hydrogen (secondary N) is 1. The molecule has 3 aromatic rings. The van der Waals surface area contributed by atoms with Gasteiger partial charge in [-0.2, -0.15) is 0 Å². The van der Waals surface area contributed by atoms with Crippen LogP contribution in [-0.4, -0.2) is 49.8 Å². The maximum absolute atomic E-state index is 13.2. The summed E-state index contributed by atoms with van der Waals surface area (Å²) < 4.78 is 1.68. The van der Waals surface area contributed by atoms with E-state index in [1.165, 1.54) is 23.9 Å². The lowest BCUT2D eigenvalue weighted by Crippen LogP contribution is -2.40. The minimum Gasteiger partial charge on any atom is -0.508 e. The van der Waals surface area contributed by atoms with Crippen molar-refractivity contribution >= 4 is 34.3 Å². The highest BCUT2D eigenvalue weighted by molar-refractivity contribution is 7.99. The number of benzene rings is 2. The summed E-state index contributed by atoms with van der Waals surface area (Å²) in [5.74, 6) is 0.0447. The van der Waals surface area contributed by atoms with Crippen molar-refractivity contribution in [3.8, 4) is 5.75 Å². The van der Waals surface area contributed by atoms with E-state index in [-0.39, 0.29) is 23.0 Å². The van der Waals surface area contributed by atoms with Gasteiger partial charge in [-0.25, -0.2) is 4.98 Å². The Morgan fingerprint density at radius 2 is 1.75 bits per heavy atom. The van der Waals surface area contributed by atoms with Crippen molar-refractivity contribution < 1.29 is 9.90 Å². The molecule has 0 bridgehead atoms. The summed E-state index contributed by atoms with van der Waals surface area (Å²) in [4.78, 5) is 32.7. The fourth-order valence-electron chi connectivity index (χ4n) is 3.66. The molecule has 0 atom stereocenters. The van der Waals surface area contributed by atoms with Crippen LogP contribution in [0.15, 0.2) is 58.5 Å². The van der Waals surface area contributed by atoms with Gasteiger partial charge in [0.25, 0.3) is 5.56 Å². The SMILES string of the molecule is CC(C)N(CCn1c(SCC(=O)Nc2ccc(O)cc2)nc2ccccc2c1=O)C(C)C. The number of anilines is 1. The number of carbonyl (C=O) groups excluding carboxylic acids is 1. The van der Waals surface area contributed by atoms with Crippen molar-refractivity contribution in [3.05, 3.63) is 58.9 Å². The van der Waals surface area contributed by atoms with Crippen LogP contribution in [0.1, 0.15) is 27.7 Å². The molecule has 0 saturated heterocycles. The Balaban J connectivity index is 1.82. The van der Waals surface area contributed by atoms with Gasteiger partial charge in [-0.05, 0) is 64.1 Å². The fraction of sp³-hybridized carbons (Fsp3) is 0.375. The molecule has 0 aliphatic rings. The number of hydrogen-bond donors (Lipinski definition) is 2. The first-order valence-corrected chi connectivity index (χ1v) is 11.7. The molecule has 2 aromatic carbocycles. The molecule has 0 unspecified atom stereocenters. The Hall–Kier alpha value is -2.84. The van der Waals surface area contributed by atoms with Crippen LogP contribution < -0.4 is 10.9 Å². The third-order valence-corrected chi connectivity index (χ3v) is 6.19. The molecule has 3 rings (SSSR count). The number of rotatable bonds is 9. The van der Waals surface area contributed by atoms with Crippen molar-refractivity contribution in [1.29, 1.82) is 0 Å². The quantitative estimate of drug-likeness (QED) is 0.289. The molecule has 8 heteroatoms. The number of thioether (sulfide) groups is 1. The first kappa shape index (κ1) is 23.8. The number of para-hydroxylation sites is 1. The summed E-state index contributed by atoms with van der Waals surface area (Å²) in [6, 6.07) is 14.3. The summed E-state index contributed by atoms with van der Waals surface area (Å²) in [5, 5.41) is 13.3. The lowest BCUT2D eigenvalue weighted by Gasteiger charge is -2.30. The number of aromatic nitrogens is 2. The molecule has 0 spiro atoms. The van der Waals surface area contributed by atoms with Crippen molar-refractivity contribution in [2.45, 2.75) is 51.5 Å². The van der Waals surface area contributed by atoms with Gasteiger partial charge in [0.05, 0.1) is 16.7 Å². The summed E-state index contributed by atoms with van der Waals surface area (Å²) >= 11 is 1.25. The van der Waals surface area contributed by atoms with Crippen molar-refractivity contribution in [2.24, 2.45) is 0 Å². The van der Waals surface area contributed by atoms with E-state index in [0.717, 1.165) is 0 Å². The number of nitrogens with zero attached hydrogens (tertiary/aromatic N) is 3. The topological polar surface area (TPSA) is 87.5 Å². The number of phenolic OH excluding ortho intramolecular Hbond substituents is 1. The third kappa shape index (κ3) is 5.89. The predicted octanol–water partition coefficient (Wildman–Crippen LogP) is 3.95. The molecule has 2 N–H and O–H groups in total. The minimum atomic E-state index is -0.208. The molecular formula is C24H30N4O3S. The smallest absolute Gasteiger partial charge is 0.262 e. The van der Waals surface area contributed by atoms with Gasteiger partial charge >= 0.3 is 0 Å². The zero-order valence-electron chi connectivity index (χ0n) is 18.9. The highest BCUT2D eigenvalue weighted by Crippen LogP contribution is 2.20. The predicted molar refractivity (Wildman–Crippen MR) is 130 cm³/mol. The Morgan fingerprint density at radius 3 is 2.41 bits per heavy atom. The first-order chi connectivity index (χ1) is 15.3. The van der Waals surface area contributed by atoms with Gasteiger partial charge in [-0.1, -0.05) is 23.9 Å². The average Bonchev–Trinajstić information content (AvgIpc) is 2.75. The molecule has 7 nitrogen and oxygen atoms in total. The number of carbonyl (C=O) groups is 1. The van der Waals surface area contributed by atoms with E-state index in [4.69, 9.17) is 0 Å². The Morgan fingerprint density at radius 1 is 1.09 bits per heavy atom. The average molecular weight is 455 g/mol. The van der Waals surface area contributed by atoms with E-state index in [0.29, 0.717) is 46.9 Å². The number of amides is 1. The molecular weight excluding hydrogens is 424 g/mol. The summed E-state index contributed by atoms with van der Waals surface area (Å²) in [5.41, 5.74) is 1.13. The van der Waals surface area contributed by atoms with Crippen LogP contribution in [0.25, 0.3) is 10.9 Å². The number of hydrogen-bond acceptors (Lipinski definition) is 6. The van der Waals surface area contributed by atoms with E-state index in [1.54, 1.807) is 22.8 Å². The molecule has 0 fully saturated rings. The molecule has 0 radical (unpaired) electrons. The molecule has 170 valence electrons. The maximum atomic E-state index is 13.2. The van der Waals surface area contributed by atoms with Crippen LogP contribution in [0.2, 0.25) is 0 Å². The first-order valence-electron chi connectivity index (χ1n) is 10.7. The third-order valence-electron chi connectivity index (χ3n) is 5.22. The summed E-state index contributed by atoms with van der Waals surface area (Å²) in [6.07, 6.45) is 0. The van der Waals surface area contributed by atoms with Crippen molar-refractivity contribution in [3.63, 3.8) is 0 Å². The molecule has 32 heavy (non-hydrogen) atoms. The van der Waals surface area contributed by atoms with Gasteiger partial charge in [0.2, 0.25) is 5.91 Å². The van der Waals surface area contributed by atoms with Crippen LogP contribution >= 0.6 is 11.8 Å². The van der Waals surface area contributed by atoms with E-state index in [9.17, 15) is 14.7 Å². The van der Waals surface area contributed by atoms with Gasteiger partial charge in [-0.3, -0.25) is 19.1 Å². The molecule has 0 aliphatic heterocycles. The second-order valence-electron chi connectivity index (χ2n) is 8.18. The van der Waals surface area contributed by atoms with E-state index >= 15 is 0 Å². The monoisotopic (exact) mass is 454 g/mol. The highest BCUT2D eigenvalue weighted by Gasteiger charge is 2.17. The number of aromatic hydroxyl groups is 1. The van der Waals surface area contributed by atoms with Crippen molar-refractivity contribution in [2.75, 3.05) is 17.6 Å². The van der Waals surface area contributed by atoms with Crippen LogP contribution in [0.3, 0.4) is 0 Å². The zero-order chi connectivity index (χ0) is 23.3.